The molecular formula is C12H12F3NO2. The van der Waals surface area contributed by atoms with Gasteiger partial charge in [-0.15, -0.1) is 0 Å². The molecule has 1 aromatic rings. The van der Waals surface area contributed by atoms with Gasteiger partial charge in [-0.3, -0.25) is 4.79 Å². The van der Waals surface area contributed by atoms with Gasteiger partial charge in [0.15, 0.2) is 0 Å². The molecule has 18 heavy (non-hydrogen) atoms. The van der Waals surface area contributed by atoms with Crippen molar-refractivity contribution in [1.29, 1.82) is 0 Å². The lowest BCUT2D eigenvalue weighted by molar-refractivity contribution is -0.149. The van der Waals surface area contributed by atoms with Crippen LogP contribution in [0.5, 0.6) is 0 Å². The number of ether oxygens (including phenoxy) is 1. The van der Waals surface area contributed by atoms with Crippen LogP contribution in [0.1, 0.15) is 17.5 Å². The lowest BCUT2D eigenvalue weighted by atomic mass is 10.1. The molecular weight excluding hydrogens is 247 g/mol. The molecule has 1 unspecified atom stereocenters. The van der Waals surface area contributed by atoms with E-state index in [4.69, 9.17) is 4.74 Å². The summed E-state index contributed by atoms with van der Waals surface area (Å²) >= 11 is 0. The molecule has 1 aliphatic rings. The predicted octanol–water partition coefficient (Wildman–Crippen LogP) is 2.11. The molecule has 0 spiro atoms. The van der Waals surface area contributed by atoms with E-state index in [1.165, 1.54) is 12.1 Å². The zero-order valence-corrected chi connectivity index (χ0v) is 9.46. The van der Waals surface area contributed by atoms with Crippen molar-refractivity contribution in [3.05, 3.63) is 35.4 Å². The van der Waals surface area contributed by atoms with Crippen molar-refractivity contribution in [2.45, 2.75) is 25.2 Å². The van der Waals surface area contributed by atoms with Gasteiger partial charge in [-0.1, -0.05) is 12.1 Å². The van der Waals surface area contributed by atoms with E-state index < -0.39 is 11.7 Å². The van der Waals surface area contributed by atoms with E-state index in [1.807, 2.05) is 0 Å². The summed E-state index contributed by atoms with van der Waals surface area (Å²) in [5.41, 5.74) is -0.172. The molecule has 0 bridgehead atoms. The van der Waals surface area contributed by atoms with Crippen molar-refractivity contribution >= 4 is 5.97 Å². The Morgan fingerprint density at radius 1 is 1.33 bits per heavy atom. The molecule has 0 amide bonds. The van der Waals surface area contributed by atoms with E-state index in [0.717, 1.165) is 25.1 Å². The van der Waals surface area contributed by atoms with Crippen LogP contribution in [0.4, 0.5) is 13.2 Å². The van der Waals surface area contributed by atoms with E-state index in [0.29, 0.717) is 5.56 Å². The van der Waals surface area contributed by atoms with Crippen LogP contribution in [0.15, 0.2) is 24.3 Å². The maximum absolute atomic E-state index is 12.3. The largest absolute Gasteiger partial charge is 0.460 e. The van der Waals surface area contributed by atoms with Gasteiger partial charge in [-0.25, -0.2) is 0 Å². The van der Waals surface area contributed by atoms with E-state index in [2.05, 4.69) is 5.32 Å². The summed E-state index contributed by atoms with van der Waals surface area (Å²) in [4.78, 5) is 11.4. The summed E-state index contributed by atoms with van der Waals surface area (Å²) in [6.07, 6.45) is -3.60. The molecule has 1 aromatic carbocycles. The summed E-state index contributed by atoms with van der Waals surface area (Å²) in [7, 11) is 0. The molecule has 1 fully saturated rings. The third-order valence-electron chi connectivity index (χ3n) is 2.77. The van der Waals surface area contributed by atoms with Crippen LogP contribution in [-0.4, -0.2) is 18.6 Å². The quantitative estimate of drug-likeness (QED) is 0.845. The molecule has 0 radical (unpaired) electrons. The summed E-state index contributed by atoms with van der Waals surface area (Å²) in [6.45, 7) is 0.787. The molecule has 6 heteroatoms. The van der Waals surface area contributed by atoms with E-state index in [1.54, 1.807) is 0 Å². The fourth-order valence-corrected chi connectivity index (χ4v) is 1.53. The number of halogens is 3. The van der Waals surface area contributed by atoms with Crippen LogP contribution >= 0.6 is 0 Å². The SMILES string of the molecule is O=C(OCc1ccc(C(F)(F)F)cc1)C1CCN1. The molecule has 1 atom stereocenters. The minimum Gasteiger partial charge on any atom is -0.460 e. The summed E-state index contributed by atoms with van der Waals surface area (Å²) in [6, 6.07) is 4.31. The van der Waals surface area contributed by atoms with Crippen LogP contribution in [-0.2, 0) is 22.3 Å². The molecule has 2 rings (SSSR count). The molecule has 0 saturated carbocycles. The molecule has 98 valence electrons. The molecule has 3 nitrogen and oxygen atoms in total. The average molecular weight is 259 g/mol. The maximum Gasteiger partial charge on any atom is 0.416 e. The second-order valence-corrected chi connectivity index (χ2v) is 4.10. The third-order valence-corrected chi connectivity index (χ3v) is 2.77. The highest BCUT2D eigenvalue weighted by Crippen LogP contribution is 2.29. The van der Waals surface area contributed by atoms with Gasteiger partial charge < -0.3 is 10.1 Å². The number of rotatable bonds is 3. The van der Waals surface area contributed by atoms with Crippen LogP contribution in [0.3, 0.4) is 0 Å². The lowest BCUT2D eigenvalue weighted by Crippen LogP contribution is -2.49. The Morgan fingerprint density at radius 2 is 1.94 bits per heavy atom. The Hall–Kier alpha value is -1.56. The Labute approximate surface area is 102 Å². The zero-order chi connectivity index (χ0) is 13.2. The normalized spacial score (nSPS) is 19.2. The van der Waals surface area contributed by atoms with Crippen molar-refractivity contribution < 1.29 is 22.7 Å². The number of nitrogens with one attached hydrogen (secondary N) is 1. The monoisotopic (exact) mass is 259 g/mol. The van der Waals surface area contributed by atoms with Crippen LogP contribution in [0.2, 0.25) is 0 Å². The molecule has 1 N–H and O–H groups in total. The van der Waals surface area contributed by atoms with Crippen molar-refractivity contribution in [3.8, 4) is 0 Å². The number of carbonyl (C=O) groups is 1. The Bertz CT molecular complexity index is 424. The fraction of sp³-hybridized carbons (Fsp3) is 0.417. The molecule has 1 saturated heterocycles. The van der Waals surface area contributed by atoms with Crippen LogP contribution in [0, 0.1) is 0 Å². The predicted molar refractivity (Wildman–Crippen MR) is 57.6 cm³/mol. The Morgan fingerprint density at radius 3 is 2.39 bits per heavy atom. The fourth-order valence-electron chi connectivity index (χ4n) is 1.53. The van der Waals surface area contributed by atoms with Crippen molar-refractivity contribution in [2.24, 2.45) is 0 Å². The summed E-state index contributed by atoms with van der Waals surface area (Å²) in [5.74, 6) is -0.360. The first-order valence-corrected chi connectivity index (χ1v) is 5.53. The van der Waals surface area contributed by atoms with Gasteiger partial charge in [-0.2, -0.15) is 13.2 Å². The highest BCUT2D eigenvalue weighted by Gasteiger charge is 2.30. The minimum atomic E-state index is -4.34. The molecule has 1 heterocycles. The number of esters is 1. The van der Waals surface area contributed by atoms with Gasteiger partial charge in [0.05, 0.1) is 5.56 Å². The van der Waals surface area contributed by atoms with E-state index in [-0.39, 0.29) is 18.6 Å². The smallest absolute Gasteiger partial charge is 0.416 e. The molecule has 0 aliphatic carbocycles. The van der Waals surface area contributed by atoms with Crippen LogP contribution < -0.4 is 5.32 Å². The average Bonchev–Trinajstić information content (AvgIpc) is 2.23. The van der Waals surface area contributed by atoms with Gasteiger partial charge in [-0.05, 0) is 30.7 Å². The maximum atomic E-state index is 12.3. The Kier molecular flexibility index (Phi) is 3.56. The summed E-state index contributed by atoms with van der Waals surface area (Å²) < 4.78 is 41.9. The highest BCUT2D eigenvalue weighted by atomic mass is 19.4. The zero-order valence-electron chi connectivity index (χ0n) is 9.46. The topological polar surface area (TPSA) is 38.3 Å². The number of hydrogen-bond donors (Lipinski definition) is 1. The van der Waals surface area contributed by atoms with Crippen molar-refractivity contribution in [2.75, 3.05) is 6.54 Å². The highest BCUT2D eigenvalue weighted by molar-refractivity contribution is 5.76. The first kappa shape index (κ1) is 12.9. The lowest BCUT2D eigenvalue weighted by Gasteiger charge is -2.25. The number of alkyl halides is 3. The third kappa shape index (κ3) is 3.01. The number of hydrogen-bond acceptors (Lipinski definition) is 3. The first-order valence-electron chi connectivity index (χ1n) is 5.53. The Balaban J connectivity index is 1.88. The van der Waals surface area contributed by atoms with Crippen LogP contribution in [0.25, 0.3) is 0 Å². The van der Waals surface area contributed by atoms with Gasteiger partial charge in [0, 0.05) is 0 Å². The van der Waals surface area contributed by atoms with Gasteiger partial charge in [0.2, 0.25) is 0 Å². The van der Waals surface area contributed by atoms with Gasteiger partial charge >= 0.3 is 12.1 Å². The van der Waals surface area contributed by atoms with E-state index >= 15 is 0 Å². The first-order chi connectivity index (χ1) is 8.47. The standard InChI is InChI=1S/C12H12F3NO2/c13-12(14,15)9-3-1-8(2-4-9)7-18-11(17)10-5-6-16-10/h1-4,10,16H,5-7H2. The molecule has 0 aromatic heterocycles. The number of carbonyl (C=O) groups excluding carboxylic acids is 1. The summed E-state index contributed by atoms with van der Waals surface area (Å²) in [5, 5.41) is 2.89. The second-order valence-electron chi connectivity index (χ2n) is 4.10. The second kappa shape index (κ2) is 4.97. The van der Waals surface area contributed by atoms with Gasteiger partial charge in [0.1, 0.15) is 12.6 Å². The number of benzene rings is 1. The van der Waals surface area contributed by atoms with Gasteiger partial charge in [0.25, 0.3) is 0 Å². The minimum absolute atomic E-state index is 0.00481. The van der Waals surface area contributed by atoms with E-state index in [9.17, 15) is 18.0 Å². The van der Waals surface area contributed by atoms with Crippen molar-refractivity contribution in [3.63, 3.8) is 0 Å². The van der Waals surface area contributed by atoms with Crippen molar-refractivity contribution in [1.82, 2.24) is 5.32 Å². The molecule has 1 aliphatic heterocycles.